The summed E-state index contributed by atoms with van der Waals surface area (Å²) in [7, 11) is 1.46. The van der Waals surface area contributed by atoms with Gasteiger partial charge in [-0.05, 0) is 48.4 Å². The lowest BCUT2D eigenvalue weighted by Gasteiger charge is -2.24. The van der Waals surface area contributed by atoms with Crippen molar-refractivity contribution in [3.05, 3.63) is 51.7 Å². The maximum absolute atomic E-state index is 12.6. The number of carbonyl (C=O) groups excluding carboxylic acids is 3. The normalized spacial score (nSPS) is 17.9. The van der Waals surface area contributed by atoms with E-state index in [0.717, 1.165) is 22.6 Å². The number of amides is 4. The van der Waals surface area contributed by atoms with Crippen LogP contribution in [0.5, 0.6) is 0 Å². The second-order valence-electron chi connectivity index (χ2n) is 7.07. The van der Waals surface area contributed by atoms with Gasteiger partial charge in [-0.1, -0.05) is 18.9 Å². The molecule has 7 heteroatoms. The molecule has 1 atom stereocenters. The number of nitrogens with one attached hydrogen (secondary N) is 2. The lowest BCUT2D eigenvalue weighted by atomic mass is 9.97. The SMILES string of the molecule is CN1C(=O)c2ccc(NC(=O)N[C@@H](c3cccs3)C3CCCC3)cc2C1=O. The third kappa shape index (κ3) is 3.35. The minimum Gasteiger partial charge on any atom is -0.330 e. The van der Waals surface area contributed by atoms with E-state index >= 15 is 0 Å². The van der Waals surface area contributed by atoms with Crippen molar-refractivity contribution in [2.24, 2.45) is 5.92 Å². The summed E-state index contributed by atoms with van der Waals surface area (Å²) in [6, 6.07) is 8.56. The summed E-state index contributed by atoms with van der Waals surface area (Å²) in [5, 5.41) is 7.94. The van der Waals surface area contributed by atoms with E-state index in [1.54, 1.807) is 29.5 Å². The van der Waals surface area contributed by atoms with Crippen LogP contribution in [0.3, 0.4) is 0 Å². The van der Waals surface area contributed by atoms with Gasteiger partial charge >= 0.3 is 6.03 Å². The van der Waals surface area contributed by atoms with Crippen LogP contribution < -0.4 is 10.6 Å². The van der Waals surface area contributed by atoms with E-state index in [9.17, 15) is 14.4 Å². The summed E-state index contributed by atoms with van der Waals surface area (Å²) in [6.07, 6.45) is 4.63. The van der Waals surface area contributed by atoms with Gasteiger partial charge in [-0.15, -0.1) is 11.3 Å². The Labute approximate surface area is 161 Å². The molecule has 0 spiro atoms. The molecule has 4 amide bonds. The zero-order valence-corrected chi connectivity index (χ0v) is 15.8. The number of benzene rings is 1. The van der Waals surface area contributed by atoms with Gasteiger partial charge in [0, 0.05) is 17.6 Å². The molecule has 1 aromatic heterocycles. The van der Waals surface area contributed by atoms with Gasteiger partial charge in [0.25, 0.3) is 11.8 Å². The highest BCUT2D eigenvalue weighted by Gasteiger charge is 2.33. The van der Waals surface area contributed by atoms with Crippen molar-refractivity contribution in [2.45, 2.75) is 31.7 Å². The average Bonchev–Trinajstić information content (AvgIpc) is 3.41. The van der Waals surface area contributed by atoms with E-state index in [2.05, 4.69) is 16.7 Å². The number of thiophene rings is 1. The Hall–Kier alpha value is -2.67. The van der Waals surface area contributed by atoms with Crippen LogP contribution >= 0.6 is 11.3 Å². The topological polar surface area (TPSA) is 78.5 Å². The van der Waals surface area contributed by atoms with Gasteiger partial charge < -0.3 is 10.6 Å². The summed E-state index contributed by atoms with van der Waals surface area (Å²) >= 11 is 1.65. The number of anilines is 1. The Bertz CT molecular complexity index is 888. The highest BCUT2D eigenvalue weighted by atomic mass is 32.1. The molecule has 2 aliphatic rings. The molecule has 2 aromatic rings. The fourth-order valence-electron chi connectivity index (χ4n) is 3.93. The molecule has 0 bridgehead atoms. The molecule has 0 unspecified atom stereocenters. The Kier molecular flexibility index (Phi) is 4.70. The lowest BCUT2D eigenvalue weighted by molar-refractivity contribution is 0.0693. The number of carbonyl (C=O) groups is 3. The van der Waals surface area contributed by atoms with Crippen LogP contribution in [0.1, 0.15) is 57.3 Å². The van der Waals surface area contributed by atoms with E-state index in [4.69, 9.17) is 0 Å². The number of urea groups is 1. The fourth-order valence-corrected chi connectivity index (χ4v) is 4.80. The smallest absolute Gasteiger partial charge is 0.319 e. The molecule has 1 aliphatic carbocycles. The van der Waals surface area contributed by atoms with Crippen LogP contribution in [0.2, 0.25) is 0 Å². The molecule has 0 saturated heterocycles. The Morgan fingerprint density at radius 3 is 2.59 bits per heavy atom. The monoisotopic (exact) mass is 383 g/mol. The Morgan fingerprint density at radius 1 is 1.15 bits per heavy atom. The number of hydrogen-bond acceptors (Lipinski definition) is 4. The summed E-state index contributed by atoms with van der Waals surface area (Å²) in [6.45, 7) is 0. The van der Waals surface area contributed by atoms with Gasteiger partial charge in [0.1, 0.15) is 0 Å². The predicted octanol–water partition coefficient (Wildman–Crippen LogP) is 4.03. The van der Waals surface area contributed by atoms with Crippen molar-refractivity contribution < 1.29 is 14.4 Å². The molecule has 1 fully saturated rings. The molecule has 6 nitrogen and oxygen atoms in total. The van der Waals surface area contributed by atoms with E-state index in [1.165, 1.54) is 19.9 Å². The maximum Gasteiger partial charge on any atom is 0.319 e. The van der Waals surface area contributed by atoms with Crippen LogP contribution in [-0.4, -0.2) is 29.8 Å². The first-order chi connectivity index (χ1) is 13.0. The Morgan fingerprint density at radius 2 is 1.89 bits per heavy atom. The quantitative estimate of drug-likeness (QED) is 0.783. The number of nitrogens with zero attached hydrogens (tertiary/aromatic N) is 1. The maximum atomic E-state index is 12.6. The summed E-state index contributed by atoms with van der Waals surface area (Å²) in [5.74, 6) is -0.214. The molecule has 1 saturated carbocycles. The van der Waals surface area contributed by atoms with Gasteiger partial charge in [-0.25, -0.2) is 4.79 Å². The average molecular weight is 383 g/mol. The molecule has 2 N–H and O–H groups in total. The number of hydrogen-bond donors (Lipinski definition) is 2. The van der Waals surface area contributed by atoms with Crippen LogP contribution in [0.25, 0.3) is 0 Å². The third-order valence-electron chi connectivity index (χ3n) is 5.36. The molecular weight excluding hydrogens is 362 g/mol. The van der Waals surface area contributed by atoms with Gasteiger partial charge in [0.15, 0.2) is 0 Å². The minimum atomic E-state index is -0.346. The minimum absolute atomic E-state index is 0.00345. The highest BCUT2D eigenvalue weighted by Crippen LogP contribution is 2.37. The number of rotatable bonds is 4. The molecule has 0 radical (unpaired) electrons. The van der Waals surface area contributed by atoms with E-state index in [-0.39, 0.29) is 23.9 Å². The molecule has 140 valence electrons. The zero-order chi connectivity index (χ0) is 19.0. The first kappa shape index (κ1) is 17.7. The largest absolute Gasteiger partial charge is 0.330 e. The van der Waals surface area contributed by atoms with Crippen molar-refractivity contribution >= 4 is 34.9 Å². The van der Waals surface area contributed by atoms with Gasteiger partial charge in [0.05, 0.1) is 17.2 Å². The van der Waals surface area contributed by atoms with E-state index in [0.29, 0.717) is 22.7 Å². The Balaban J connectivity index is 1.49. The van der Waals surface area contributed by atoms with Crippen LogP contribution in [0.4, 0.5) is 10.5 Å². The number of imide groups is 1. The van der Waals surface area contributed by atoms with E-state index in [1.807, 2.05) is 11.4 Å². The first-order valence-electron chi connectivity index (χ1n) is 9.12. The summed E-state index contributed by atoms with van der Waals surface area (Å²) < 4.78 is 0. The number of fused-ring (bicyclic) bond motifs is 1. The van der Waals surface area contributed by atoms with Gasteiger partial charge in [-0.2, -0.15) is 0 Å². The molecule has 2 heterocycles. The first-order valence-corrected chi connectivity index (χ1v) is 10.00. The zero-order valence-electron chi connectivity index (χ0n) is 15.0. The lowest BCUT2D eigenvalue weighted by Crippen LogP contribution is -2.35. The summed E-state index contributed by atoms with van der Waals surface area (Å²) in [4.78, 5) is 39.0. The third-order valence-corrected chi connectivity index (χ3v) is 6.31. The van der Waals surface area contributed by atoms with E-state index < -0.39 is 0 Å². The molecule has 1 aliphatic heterocycles. The van der Waals surface area contributed by atoms with Crippen LogP contribution in [0, 0.1) is 5.92 Å². The van der Waals surface area contributed by atoms with Crippen LogP contribution in [-0.2, 0) is 0 Å². The van der Waals surface area contributed by atoms with Crippen LogP contribution in [0.15, 0.2) is 35.7 Å². The molecule has 27 heavy (non-hydrogen) atoms. The second kappa shape index (κ2) is 7.15. The summed E-state index contributed by atoms with van der Waals surface area (Å²) in [5.41, 5.74) is 1.20. The van der Waals surface area contributed by atoms with Crippen molar-refractivity contribution in [2.75, 3.05) is 12.4 Å². The molecular formula is C20H21N3O3S. The van der Waals surface area contributed by atoms with Crippen molar-refractivity contribution in [3.8, 4) is 0 Å². The molecule has 4 rings (SSSR count). The van der Waals surface area contributed by atoms with Crippen molar-refractivity contribution in [3.63, 3.8) is 0 Å². The predicted molar refractivity (Wildman–Crippen MR) is 104 cm³/mol. The van der Waals surface area contributed by atoms with Crippen molar-refractivity contribution in [1.29, 1.82) is 0 Å². The molecule has 1 aromatic carbocycles. The highest BCUT2D eigenvalue weighted by molar-refractivity contribution is 7.10. The van der Waals surface area contributed by atoms with Crippen molar-refractivity contribution in [1.82, 2.24) is 10.2 Å². The standard InChI is InChI=1S/C20H21N3O3S/c1-23-18(24)14-9-8-13(11-15(14)19(23)25)21-20(26)22-17(12-5-2-3-6-12)16-7-4-10-27-16/h4,7-12,17H,2-3,5-6H2,1H3,(H2,21,22,26)/t17-/m1/s1. The van der Waals surface area contributed by atoms with Gasteiger partial charge in [-0.3, -0.25) is 14.5 Å². The fraction of sp³-hybridized carbons (Fsp3) is 0.350. The van der Waals surface area contributed by atoms with Gasteiger partial charge in [0.2, 0.25) is 0 Å². The second-order valence-corrected chi connectivity index (χ2v) is 8.05.